The maximum absolute atomic E-state index is 13.0. The molecule has 158 valence electrons. The van der Waals surface area contributed by atoms with E-state index in [1.807, 2.05) is 12.1 Å². The Kier molecular flexibility index (Phi) is 6.06. The lowest BCUT2D eigenvalue weighted by Crippen LogP contribution is -2.38. The second-order valence-corrected chi connectivity index (χ2v) is 10.3. The van der Waals surface area contributed by atoms with Gasteiger partial charge in [0.1, 0.15) is 0 Å². The van der Waals surface area contributed by atoms with E-state index in [9.17, 15) is 13.2 Å². The Hall–Kier alpha value is -2.44. The van der Waals surface area contributed by atoms with E-state index in [2.05, 4.69) is 11.9 Å². The van der Waals surface area contributed by atoms with Gasteiger partial charge in [-0.3, -0.25) is 4.79 Å². The van der Waals surface area contributed by atoms with Gasteiger partial charge in [-0.25, -0.2) is 8.42 Å². The number of benzene rings is 2. The monoisotopic (exact) mass is 424 g/mol. The van der Waals surface area contributed by atoms with Crippen LogP contribution < -0.4 is 5.32 Å². The summed E-state index contributed by atoms with van der Waals surface area (Å²) < 4.78 is 27.3. The molecule has 0 aromatic heterocycles. The number of hydrogen-bond donors (Lipinski definition) is 1. The molecule has 6 heteroatoms. The smallest absolute Gasteiger partial charge is 0.251 e. The van der Waals surface area contributed by atoms with Crippen LogP contribution in [-0.2, 0) is 16.6 Å². The largest absolute Gasteiger partial charge is 0.349 e. The van der Waals surface area contributed by atoms with Crippen LogP contribution in [0.5, 0.6) is 0 Å². The fourth-order valence-corrected chi connectivity index (χ4v) is 6.19. The number of fused-ring (bicyclic) bond motifs is 2. The molecule has 2 aliphatic rings. The van der Waals surface area contributed by atoms with Crippen molar-refractivity contribution < 1.29 is 13.2 Å². The topological polar surface area (TPSA) is 66.5 Å². The van der Waals surface area contributed by atoms with Crippen LogP contribution in [0, 0.1) is 11.8 Å². The number of rotatable bonds is 8. The van der Waals surface area contributed by atoms with E-state index in [1.165, 1.54) is 23.6 Å². The van der Waals surface area contributed by atoms with Gasteiger partial charge in [0.15, 0.2) is 0 Å². The summed E-state index contributed by atoms with van der Waals surface area (Å²) in [6.45, 7) is 4.12. The second kappa shape index (κ2) is 8.74. The molecule has 3 atom stereocenters. The van der Waals surface area contributed by atoms with Gasteiger partial charge < -0.3 is 5.32 Å². The predicted molar refractivity (Wildman–Crippen MR) is 117 cm³/mol. The quantitative estimate of drug-likeness (QED) is 0.652. The van der Waals surface area contributed by atoms with E-state index >= 15 is 0 Å². The third kappa shape index (κ3) is 4.35. The van der Waals surface area contributed by atoms with Gasteiger partial charge in [-0.2, -0.15) is 4.31 Å². The number of hydrogen-bond acceptors (Lipinski definition) is 3. The molecule has 4 rings (SSSR count). The van der Waals surface area contributed by atoms with Crippen LogP contribution in [0.25, 0.3) is 0 Å². The van der Waals surface area contributed by atoms with Crippen LogP contribution >= 0.6 is 0 Å². The molecule has 0 aliphatic heterocycles. The van der Waals surface area contributed by atoms with E-state index in [0.29, 0.717) is 17.5 Å². The summed E-state index contributed by atoms with van der Waals surface area (Å²) in [6.07, 6.45) is 6.46. The molecule has 2 aromatic carbocycles. The third-order valence-corrected chi connectivity index (χ3v) is 8.17. The standard InChI is InChI=1S/C24H28N2O3S/c1-2-14-26(30(28,29)22-6-4-3-5-7-22)17-18-8-11-20(12-9-18)24(27)25-23-16-19-10-13-21(23)15-19/h2-9,11-12,19,21,23H,1,10,13-17H2,(H,25,27)/t19-,21-,23+/m0/s1. The Morgan fingerprint density at radius 2 is 1.80 bits per heavy atom. The van der Waals surface area contributed by atoms with Crippen molar-refractivity contribution in [2.45, 2.75) is 43.2 Å². The zero-order valence-corrected chi connectivity index (χ0v) is 17.9. The summed E-state index contributed by atoms with van der Waals surface area (Å²) in [4.78, 5) is 12.9. The van der Waals surface area contributed by atoms with E-state index in [0.717, 1.165) is 17.9 Å². The number of sulfonamides is 1. The minimum atomic E-state index is -3.63. The van der Waals surface area contributed by atoms with Gasteiger partial charge >= 0.3 is 0 Å². The summed E-state index contributed by atoms with van der Waals surface area (Å²) >= 11 is 0. The molecule has 0 saturated heterocycles. The highest BCUT2D eigenvalue weighted by molar-refractivity contribution is 7.89. The SMILES string of the molecule is C=CCN(Cc1ccc(C(=O)N[C@@H]2C[C@H]3CC[C@H]2C3)cc1)S(=O)(=O)c1ccccc1. The Morgan fingerprint density at radius 1 is 1.07 bits per heavy atom. The lowest BCUT2D eigenvalue weighted by Gasteiger charge is -2.23. The fourth-order valence-electron chi connectivity index (χ4n) is 4.77. The van der Waals surface area contributed by atoms with Gasteiger partial charge in [-0.1, -0.05) is 42.8 Å². The molecule has 2 saturated carbocycles. The molecule has 0 unspecified atom stereocenters. The molecule has 1 amide bonds. The number of amides is 1. The second-order valence-electron chi connectivity index (χ2n) is 8.35. The third-order valence-electron chi connectivity index (χ3n) is 6.34. The van der Waals surface area contributed by atoms with Gasteiger partial charge in [0, 0.05) is 24.7 Å². The summed E-state index contributed by atoms with van der Waals surface area (Å²) in [5, 5.41) is 3.19. The van der Waals surface area contributed by atoms with Crippen molar-refractivity contribution >= 4 is 15.9 Å². The Bertz CT molecular complexity index is 1000. The van der Waals surface area contributed by atoms with Gasteiger partial charge in [0.2, 0.25) is 10.0 Å². The van der Waals surface area contributed by atoms with Gasteiger partial charge in [-0.05, 0) is 60.9 Å². The minimum Gasteiger partial charge on any atom is -0.349 e. The van der Waals surface area contributed by atoms with Crippen LogP contribution in [0.4, 0.5) is 0 Å². The highest BCUT2D eigenvalue weighted by Gasteiger charge is 2.40. The lowest BCUT2D eigenvalue weighted by molar-refractivity contribution is 0.0923. The normalized spacial score (nSPS) is 22.9. The van der Waals surface area contributed by atoms with E-state index in [-0.39, 0.29) is 23.9 Å². The van der Waals surface area contributed by atoms with E-state index < -0.39 is 10.0 Å². The van der Waals surface area contributed by atoms with Crippen molar-refractivity contribution in [2.75, 3.05) is 6.54 Å². The summed E-state index contributed by atoms with van der Waals surface area (Å²) in [5.74, 6) is 1.37. The van der Waals surface area contributed by atoms with Crippen molar-refractivity contribution in [1.82, 2.24) is 9.62 Å². The molecular formula is C24H28N2O3S. The molecule has 30 heavy (non-hydrogen) atoms. The number of carbonyl (C=O) groups is 1. The van der Waals surface area contributed by atoms with Crippen molar-refractivity contribution in [3.05, 3.63) is 78.4 Å². The average Bonchev–Trinajstić information content (AvgIpc) is 3.38. The van der Waals surface area contributed by atoms with Crippen molar-refractivity contribution in [3.63, 3.8) is 0 Å². The van der Waals surface area contributed by atoms with E-state index in [4.69, 9.17) is 0 Å². The Balaban J connectivity index is 1.43. The van der Waals surface area contributed by atoms with Crippen molar-refractivity contribution in [2.24, 2.45) is 11.8 Å². The number of nitrogens with zero attached hydrogens (tertiary/aromatic N) is 1. The van der Waals surface area contributed by atoms with Crippen LogP contribution in [0.2, 0.25) is 0 Å². The highest BCUT2D eigenvalue weighted by atomic mass is 32.2. The summed E-state index contributed by atoms with van der Waals surface area (Å²) in [6, 6.07) is 15.9. The molecule has 2 aliphatic carbocycles. The first-order valence-electron chi connectivity index (χ1n) is 10.5. The van der Waals surface area contributed by atoms with Crippen LogP contribution in [0.3, 0.4) is 0 Å². The van der Waals surface area contributed by atoms with Crippen molar-refractivity contribution in [1.29, 1.82) is 0 Å². The molecular weight excluding hydrogens is 396 g/mol. The number of carbonyl (C=O) groups excluding carboxylic acids is 1. The maximum atomic E-state index is 13.0. The van der Waals surface area contributed by atoms with Crippen LogP contribution in [-0.4, -0.2) is 31.2 Å². The predicted octanol–water partition coefficient (Wildman–Crippen LogP) is 3.98. The van der Waals surface area contributed by atoms with Crippen molar-refractivity contribution in [3.8, 4) is 0 Å². The first kappa shape index (κ1) is 20.8. The molecule has 2 bridgehead atoms. The fraction of sp³-hybridized carbons (Fsp3) is 0.375. The van der Waals surface area contributed by atoms with Gasteiger partial charge in [0.05, 0.1) is 4.90 Å². The molecule has 0 spiro atoms. The number of nitrogens with one attached hydrogen (secondary N) is 1. The van der Waals surface area contributed by atoms with Crippen LogP contribution in [0.1, 0.15) is 41.6 Å². The molecule has 0 radical (unpaired) electrons. The van der Waals surface area contributed by atoms with Gasteiger partial charge in [-0.15, -0.1) is 6.58 Å². The molecule has 5 nitrogen and oxygen atoms in total. The molecule has 2 aromatic rings. The first-order chi connectivity index (χ1) is 14.5. The summed E-state index contributed by atoms with van der Waals surface area (Å²) in [5.41, 5.74) is 1.44. The average molecular weight is 425 g/mol. The van der Waals surface area contributed by atoms with Crippen LogP contribution in [0.15, 0.2) is 72.1 Å². The Morgan fingerprint density at radius 3 is 2.40 bits per heavy atom. The lowest BCUT2D eigenvalue weighted by atomic mass is 9.95. The Labute approximate surface area is 178 Å². The maximum Gasteiger partial charge on any atom is 0.251 e. The zero-order chi connectivity index (χ0) is 21.1. The zero-order valence-electron chi connectivity index (χ0n) is 17.0. The first-order valence-corrected chi connectivity index (χ1v) is 12.0. The highest BCUT2D eigenvalue weighted by Crippen LogP contribution is 2.44. The van der Waals surface area contributed by atoms with Gasteiger partial charge in [0.25, 0.3) is 5.91 Å². The summed E-state index contributed by atoms with van der Waals surface area (Å²) in [7, 11) is -3.63. The minimum absolute atomic E-state index is 0.0426. The van der Waals surface area contributed by atoms with E-state index in [1.54, 1.807) is 48.5 Å². The molecule has 2 fully saturated rings. The molecule has 0 heterocycles. The molecule has 1 N–H and O–H groups in total.